The maximum Gasteiger partial charge on any atom is 0.229 e. The Hall–Kier alpha value is -1.72. The van der Waals surface area contributed by atoms with E-state index in [1.807, 2.05) is 0 Å². The Bertz CT molecular complexity index is 546. The summed E-state index contributed by atoms with van der Waals surface area (Å²) >= 11 is 0. The number of aromatic nitrogens is 2. The minimum absolute atomic E-state index is 0.259. The van der Waals surface area contributed by atoms with Crippen LogP contribution in [0.3, 0.4) is 0 Å². The van der Waals surface area contributed by atoms with Gasteiger partial charge in [0.15, 0.2) is 5.82 Å². The number of ether oxygens (including phenoxy) is 1. The second-order valence-corrected chi connectivity index (χ2v) is 5.09. The Morgan fingerprint density at radius 1 is 1.25 bits per heavy atom. The number of rotatable bonds is 6. The van der Waals surface area contributed by atoms with Crippen LogP contribution in [0.5, 0.6) is 0 Å². The molecule has 0 fully saturated rings. The quantitative estimate of drug-likeness (QED) is 0.871. The van der Waals surface area contributed by atoms with Crippen molar-refractivity contribution in [3.05, 3.63) is 46.6 Å². The van der Waals surface area contributed by atoms with Crippen LogP contribution in [0.1, 0.15) is 28.4 Å². The second kappa shape index (κ2) is 6.63. The van der Waals surface area contributed by atoms with Crippen LogP contribution in [0, 0.1) is 13.8 Å². The molecule has 0 aliphatic carbocycles. The molecule has 0 amide bonds. The highest BCUT2D eigenvalue weighted by molar-refractivity contribution is 5.30. The third kappa shape index (κ3) is 4.15. The summed E-state index contributed by atoms with van der Waals surface area (Å²) in [7, 11) is 1.54. The number of aliphatic hydroxyl groups excluding tert-OH is 1. The zero-order chi connectivity index (χ0) is 14.5. The highest BCUT2D eigenvalue weighted by Gasteiger charge is 2.12. The number of benzene rings is 1. The third-order valence-corrected chi connectivity index (χ3v) is 2.92. The number of aliphatic hydroxyl groups is 1. The van der Waals surface area contributed by atoms with Gasteiger partial charge in [-0.05, 0) is 19.4 Å². The minimum atomic E-state index is -0.616. The van der Waals surface area contributed by atoms with Crippen molar-refractivity contribution in [3.63, 3.8) is 0 Å². The first kappa shape index (κ1) is 14.7. The van der Waals surface area contributed by atoms with E-state index in [2.05, 4.69) is 42.2 Å². The monoisotopic (exact) mass is 276 g/mol. The van der Waals surface area contributed by atoms with E-state index in [1.165, 1.54) is 11.1 Å². The first-order valence-corrected chi connectivity index (χ1v) is 6.62. The van der Waals surface area contributed by atoms with E-state index in [4.69, 9.17) is 9.26 Å². The van der Waals surface area contributed by atoms with Gasteiger partial charge in [-0.3, -0.25) is 0 Å². The summed E-state index contributed by atoms with van der Waals surface area (Å²) in [5.41, 5.74) is 3.60. The Morgan fingerprint density at radius 2 is 1.95 bits per heavy atom. The number of aryl methyl sites for hydroxylation is 2. The summed E-state index contributed by atoms with van der Waals surface area (Å²) in [5, 5.41) is 13.6. The van der Waals surface area contributed by atoms with Crippen molar-refractivity contribution in [1.29, 1.82) is 0 Å². The summed E-state index contributed by atoms with van der Waals surface area (Å²) in [6, 6.07) is 6.36. The molecule has 0 aliphatic heterocycles. The van der Waals surface area contributed by atoms with Crippen LogP contribution in [-0.2, 0) is 17.6 Å². The van der Waals surface area contributed by atoms with E-state index >= 15 is 0 Å². The van der Waals surface area contributed by atoms with E-state index in [9.17, 15) is 5.11 Å². The van der Waals surface area contributed by atoms with Crippen molar-refractivity contribution < 1.29 is 14.4 Å². The highest BCUT2D eigenvalue weighted by atomic mass is 16.5. The molecular weight excluding hydrogens is 256 g/mol. The molecule has 1 N–H and O–H groups in total. The van der Waals surface area contributed by atoms with Crippen molar-refractivity contribution in [3.8, 4) is 0 Å². The topological polar surface area (TPSA) is 68.4 Å². The lowest BCUT2D eigenvalue weighted by atomic mass is 10.1. The van der Waals surface area contributed by atoms with Crippen LogP contribution >= 0.6 is 0 Å². The Labute approximate surface area is 118 Å². The number of hydrogen-bond donors (Lipinski definition) is 1. The second-order valence-electron chi connectivity index (χ2n) is 5.09. The van der Waals surface area contributed by atoms with Gasteiger partial charge in [0.1, 0.15) is 0 Å². The molecule has 20 heavy (non-hydrogen) atoms. The molecule has 1 heterocycles. The van der Waals surface area contributed by atoms with E-state index in [-0.39, 0.29) is 6.61 Å². The van der Waals surface area contributed by atoms with Crippen LogP contribution in [0.15, 0.2) is 22.7 Å². The molecule has 5 nitrogen and oxygen atoms in total. The van der Waals surface area contributed by atoms with Gasteiger partial charge < -0.3 is 14.4 Å². The minimum Gasteiger partial charge on any atom is -0.390 e. The molecule has 0 bridgehead atoms. The lowest BCUT2D eigenvalue weighted by molar-refractivity contribution is 0.0599. The molecule has 1 atom stereocenters. The molecule has 5 heteroatoms. The maximum atomic E-state index is 9.62. The maximum absolute atomic E-state index is 9.62. The molecule has 0 radical (unpaired) electrons. The van der Waals surface area contributed by atoms with Crippen LogP contribution in [0.4, 0.5) is 0 Å². The standard InChI is InChI=1S/C15H20N2O3/c1-10-4-11(2)6-12(5-10)7-14-16-15(20-17-14)8-13(18)9-19-3/h4-6,13,18H,7-9H2,1-3H3. The van der Waals surface area contributed by atoms with Gasteiger partial charge in [-0.1, -0.05) is 34.5 Å². The third-order valence-electron chi connectivity index (χ3n) is 2.92. The largest absolute Gasteiger partial charge is 0.390 e. The van der Waals surface area contributed by atoms with E-state index < -0.39 is 6.10 Å². The van der Waals surface area contributed by atoms with E-state index in [0.717, 1.165) is 5.56 Å². The van der Waals surface area contributed by atoms with E-state index in [1.54, 1.807) is 7.11 Å². The Kier molecular flexibility index (Phi) is 4.87. The van der Waals surface area contributed by atoms with Gasteiger partial charge in [-0.15, -0.1) is 0 Å². The van der Waals surface area contributed by atoms with Gasteiger partial charge >= 0.3 is 0 Å². The number of methoxy groups -OCH3 is 1. The highest BCUT2D eigenvalue weighted by Crippen LogP contribution is 2.13. The van der Waals surface area contributed by atoms with Crippen molar-refractivity contribution in [2.45, 2.75) is 32.8 Å². The Morgan fingerprint density at radius 3 is 2.60 bits per heavy atom. The summed E-state index contributed by atoms with van der Waals surface area (Å²) in [5.74, 6) is 1.07. The predicted octanol–water partition coefficient (Wildman–Crippen LogP) is 1.83. The summed E-state index contributed by atoms with van der Waals surface area (Å²) in [6.45, 7) is 4.40. The number of nitrogens with zero attached hydrogens (tertiary/aromatic N) is 2. The lowest BCUT2D eigenvalue weighted by Gasteiger charge is -2.04. The average Bonchev–Trinajstić information content (AvgIpc) is 2.75. The van der Waals surface area contributed by atoms with Gasteiger partial charge in [0.05, 0.1) is 19.1 Å². The SMILES string of the molecule is COCC(O)Cc1nc(Cc2cc(C)cc(C)c2)no1. The molecule has 1 unspecified atom stereocenters. The molecule has 1 aromatic carbocycles. The van der Waals surface area contributed by atoms with Crippen molar-refractivity contribution >= 4 is 0 Å². The van der Waals surface area contributed by atoms with Crippen LogP contribution < -0.4 is 0 Å². The first-order chi connectivity index (χ1) is 9.56. The van der Waals surface area contributed by atoms with E-state index in [0.29, 0.717) is 24.6 Å². The fourth-order valence-corrected chi connectivity index (χ4v) is 2.25. The molecule has 1 aromatic heterocycles. The molecule has 0 saturated carbocycles. The van der Waals surface area contributed by atoms with Crippen molar-refractivity contribution in [1.82, 2.24) is 10.1 Å². The molecule has 0 aliphatic rings. The fraction of sp³-hybridized carbons (Fsp3) is 0.467. The normalized spacial score (nSPS) is 12.6. The summed E-state index contributed by atoms with van der Waals surface area (Å²) in [4.78, 5) is 4.29. The lowest BCUT2D eigenvalue weighted by Crippen LogP contribution is -2.17. The predicted molar refractivity (Wildman–Crippen MR) is 74.6 cm³/mol. The van der Waals surface area contributed by atoms with Crippen LogP contribution in [0.25, 0.3) is 0 Å². The zero-order valence-corrected chi connectivity index (χ0v) is 12.1. The molecule has 0 saturated heterocycles. The van der Waals surface area contributed by atoms with Crippen LogP contribution in [-0.4, -0.2) is 35.1 Å². The molecular formula is C15H20N2O3. The number of hydrogen-bond acceptors (Lipinski definition) is 5. The zero-order valence-electron chi connectivity index (χ0n) is 12.1. The summed E-state index contributed by atoms with van der Waals surface area (Å²) in [6.07, 6.45) is 0.328. The molecule has 0 spiro atoms. The van der Waals surface area contributed by atoms with Crippen LogP contribution in [0.2, 0.25) is 0 Å². The molecule has 2 aromatic rings. The van der Waals surface area contributed by atoms with Gasteiger partial charge in [0.2, 0.25) is 5.89 Å². The average molecular weight is 276 g/mol. The smallest absolute Gasteiger partial charge is 0.229 e. The Balaban J connectivity index is 2.02. The molecule has 2 rings (SSSR count). The van der Waals surface area contributed by atoms with Gasteiger partial charge in [0, 0.05) is 13.5 Å². The van der Waals surface area contributed by atoms with Gasteiger partial charge in [-0.25, -0.2) is 0 Å². The van der Waals surface area contributed by atoms with Gasteiger partial charge in [-0.2, -0.15) is 4.98 Å². The molecule has 108 valence electrons. The van der Waals surface area contributed by atoms with Crippen molar-refractivity contribution in [2.75, 3.05) is 13.7 Å². The summed E-state index contributed by atoms with van der Waals surface area (Å²) < 4.78 is 10.0. The fourth-order valence-electron chi connectivity index (χ4n) is 2.25. The van der Waals surface area contributed by atoms with Gasteiger partial charge in [0.25, 0.3) is 0 Å². The first-order valence-electron chi connectivity index (χ1n) is 6.62. The van der Waals surface area contributed by atoms with Crippen molar-refractivity contribution in [2.24, 2.45) is 0 Å².